The second kappa shape index (κ2) is 8.60. The molecular weight excluding hydrogens is 306 g/mol. The van der Waals surface area contributed by atoms with Crippen LogP contribution in [-0.2, 0) is 4.79 Å². The molecule has 7 heteroatoms. The van der Waals surface area contributed by atoms with Gasteiger partial charge in [0.1, 0.15) is 5.75 Å². The van der Waals surface area contributed by atoms with Gasteiger partial charge in [0.25, 0.3) is 5.91 Å². The molecule has 0 heterocycles. The van der Waals surface area contributed by atoms with E-state index in [4.69, 9.17) is 4.74 Å². The molecule has 0 bridgehead atoms. The third-order valence-corrected chi connectivity index (χ3v) is 3.26. The van der Waals surface area contributed by atoms with E-state index >= 15 is 0 Å². The zero-order valence-corrected chi connectivity index (χ0v) is 13.6. The second-order valence-corrected chi connectivity index (χ2v) is 5.06. The van der Waals surface area contributed by atoms with E-state index in [9.17, 15) is 9.59 Å². The topological polar surface area (TPSA) is 79.5 Å². The highest BCUT2D eigenvalue weighted by atomic mass is 35.5. The lowest BCUT2D eigenvalue weighted by atomic mass is 10.1. The largest absolute Gasteiger partial charge is 0.497 e. The van der Waals surface area contributed by atoms with Crippen LogP contribution < -0.4 is 20.7 Å². The molecule has 122 valence electrons. The summed E-state index contributed by atoms with van der Waals surface area (Å²) in [6.07, 6.45) is 2.38. The lowest BCUT2D eigenvalue weighted by Crippen LogP contribution is -2.27. The van der Waals surface area contributed by atoms with E-state index in [0.717, 1.165) is 12.8 Å². The Morgan fingerprint density at radius 3 is 2.64 bits per heavy atom. The Labute approximate surface area is 136 Å². The van der Waals surface area contributed by atoms with Gasteiger partial charge in [-0.05, 0) is 38.1 Å². The Morgan fingerprint density at radius 2 is 2.05 bits per heavy atom. The van der Waals surface area contributed by atoms with E-state index in [0.29, 0.717) is 30.0 Å². The molecule has 0 radical (unpaired) electrons. The predicted molar refractivity (Wildman–Crippen MR) is 87.9 cm³/mol. The summed E-state index contributed by atoms with van der Waals surface area (Å²) in [6, 6.07) is 5.32. The first-order chi connectivity index (χ1) is 10.1. The number of anilines is 1. The molecule has 1 aromatic carbocycles. The molecule has 0 unspecified atom stereocenters. The molecule has 1 aliphatic carbocycles. The van der Waals surface area contributed by atoms with Gasteiger partial charge in [-0.15, -0.1) is 12.4 Å². The van der Waals surface area contributed by atoms with Crippen LogP contribution in [0.3, 0.4) is 0 Å². The zero-order valence-electron chi connectivity index (χ0n) is 12.8. The number of amides is 2. The van der Waals surface area contributed by atoms with Crippen molar-refractivity contribution >= 4 is 29.9 Å². The van der Waals surface area contributed by atoms with E-state index in [2.05, 4.69) is 16.0 Å². The van der Waals surface area contributed by atoms with Gasteiger partial charge in [-0.2, -0.15) is 0 Å². The molecule has 6 nitrogen and oxygen atoms in total. The molecule has 2 amide bonds. The van der Waals surface area contributed by atoms with Gasteiger partial charge in [0, 0.05) is 19.0 Å². The van der Waals surface area contributed by atoms with Crippen molar-refractivity contribution in [2.45, 2.75) is 25.3 Å². The first kappa shape index (κ1) is 18.3. The minimum absolute atomic E-state index is 0. The van der Waals surface area contributed by atoms with Crippen LogP contribution in [-0.4, -0.2) is 38.6 Å². The fourth-order valence-electron chi connectivity index (χ4n) is 1.89. The normalized spacial score (nSPS) is 13.0. The number of benzene rings is 1. The van der Waals surface area contributed by atoms with E-state index in [1.807, 2.05) is 0 Å². The molecule has 3 N–H and O–H groups in total. The third-order valence-electron chi connectivity index (χ3n) is 3.26. The number of hydrogen-bond donors (Lipinski definition) is 3. The molecular formula is C15H22ClN3O3. The highest BCUT2D eigenvalue weighted by Crippen LogP contribution is 2.25. The summed E-state index contributed by atoms with van der Waals surface area (Å²) in [5.41, 5.74) is 0.939. The number of hydrogen-bond acceptors (Lipinski definition) is 4. The Kier molecular flexibility index (Phi) is 7.14. The third kappa shape index (κ3) is 5.20. The molecule has 0 atom stereocenters. The molecule has 0 aromatic heterocycles. The van der Waals surface area contributed by atoms with Crippen molar-refractivity contribution in [3.8, 4) is 5.75 Å². The number of rotatable bonds is 7. The lowest BCUT2D eigenvalue weighted by Gasteiger charge is -2.12. The number of carbonyl (C=O) groups excluding carboxylic acids is 2. The van der Waals surface area contributed by atoms with E-state index in [-0.39, 0.29) is 30.3 Å². The van der Waals surface area contributed by atoms with E-state index in [1.54, 1.807) is 32.4 Å². The van der Waals surface area contributed by atoms with Crippen molar-refractivity contribution in [3.63, 3.8) is 0 Å². The maximum atomic E-state index is 12.2. The Morgan fingerprint density at radius 1 is 1.32 bits per heavy atom. The highest BCUT2D eigenvalue weighted by Gasteiger charge is 2.25. The molecule has 1 fully saturated rings. The molecule has 0 spiro atoms. The first-order valence-electron chi connectivity index (χ1n) is 7.07. The minimum atomic E-state index is -0.180. The Bertz CT molecular complexity index is 533. The van der Waals surface area contributed by atoms with Crippen molar-refractivity contribution in [2.24, 2.45) is 0 Å². The van der Waals surface area contributed by atoms with E-state index in [1.165, 1.54) is 0 Å². The fraction of sp³-hybridized carbons (Fsp3) is 0.467. The zero-order chi connectivity index (χ0) is 15.2. The number of nitrogens with one attached hydrogen (secondary N) is 3. The minimum Gasteiger partial charge on any atom is -0.497 e. The van der Waals surface area contributed by atoms with Crippen LogP contribution in [0.2, 0.25) is 0 Å². The number of carbonyl (C=O) groups is 2. The van der Waals surface area contributed by atoms with Gasteiger partial charge in [0.2, 0.25) is 5.91 Å². The van der Waals surface area contributed by atoms with Gasteiger partial charge in [-0.3, -0.25) is 9.59 Å². The lowest BCUT2D eigenvalue weighted by molar-refractivity contribution is -0.116. The summed E-state index contributed by atoms with van der Waals surface area (Å²) >= 11 is 0. The summed E-state index contributed by atoms with van der Waals surface area (Å²) in [7, 11) is 3.33. The summed E-state index contributed by atoms with van der Waals surface area (Å²) in [4.78, 5) is 24.1. The molecule has 0 saturated heterocycles. The van der Waals surface area contributed by atoms with Crippen LogP contribution in [0.15, 0.2) is 18.2 Å². The monoisotopic (exact) mass is 327 g/mol. The van der Waals surface area contributed by atoms with Crippen LogP contribution in [0, 0.1) is 0 Å². The van der Waals surface area contributed by atoms with Crippen molar-refractivity contribution in [3.05, 3.63) is 23.8 Å². The molecule has 1 aromatic rings. The Hall–Kier alpha value is -1.79. The van der Waals surface area contributed by atoms with E-state index < -0.39 is 0 Å². The molecule has 2 rings (SSSR count). The fourth-order valence-corrected chi connectivity index (χ4v) is 1.89. The highest BCUT2D eigenvalue weighted by molar-refractivity contribution is 6.04. The van der Waals surface area contributed by atoms with Crippen molar-refractivity contribution in [1.82, 2.24) is 10.6 Å². The quantitative estimate of drug-likeness (QED) is 0.710. The summed E-state index contributed by atoms with van der Waals surface area (Å²) in [6.45, 7) is 0.589. The maximum Gasteiger partial charge on any atom is 0.253 e. The molecule has 1 aliphatic rings. The van der Waals surface area contributed by atoms with Crippen molar-refractivity contribution in [2.75, 3.05) is 26.0 Å². The SMILES string of the molecule is CNCCC(=O)Nc1ccc(OC)cc1C(=O)NC1CC1.Cl. The van der Waals surface area contributed by atoms with Gasteiger partial charge >= 0.3 is 0 Å². The summed E-state index contributed by atoms with van der Waals surface area (Å²) < 4.78 is 5.15. The summed E-state index contributed by atoms with van der Waals surface area (Å²) in [5.74, 6) is 0.277. The molecule has 0 aliphatic heterocycles. The second-order valence-electron chi connectivity index (χ2n) is 5.06. The van der Waals surface area contributed by atoms with Crippen molar-refractivity contribution < 1.29 is 14.3 Å². The van der Waals surface area contributed by atoms with Gasteiger partial charge in [-0.25, -0.2) is 0 Å². The van der Waals surface area contributed by atoms with Gasteiger partial charge in [0.05, 0.1) is 18.4 Å². The standard InChI is InChI=1S/C15H21N3O3.ClH/c1-16-8-7-14(19)18-13-6-5-11(21-2)9-12(13)15(20)17-10-3-4-10;/h5-6,9-10,16H,3-4,7-8H2,1-2H3,(H,17,20)(H,18,19);1H. The summed E-state index contributed by atoms with van der Waals surface area (Å²) in [5, 5.41) is 8.61. The number of ether oxygens (including phenoxy) is 1. The van der Waals surface area contributed by atoms with Gasteiger partial charge < -0.3 is 20.7 Å². The van der Waals surface area contributed by atoms with Crippen molar-refractivity contribution in [1.29, 1.82) is 0 Å². The van der Waals surface area contributed by atoms with Crippen LogP contribution in [0.4, 0.5) is 5.69 Å². The van der Waals surface area contributed by atoms with Crippen LogP contribution in [0.1, 0.15) is 29.6 Å². The molecule has 22 heavy (non-hydrogen) atoms. The average Bonchev–Trinajstić information content (AvgIpc) is 3.29. The van der Waals surface area contributed by atoms with Gasteiger partial charge in [-0.1, -0.05) is 0 Å². The first-order valence-corrected chi connectivity index (χ1v) is 7.07. The number of methoxy groups -OCH3 is 1. The number of halogens is 1. The van der Waals surface area contributed by atoms with Crippen LogP contribution >= 0.6 is 12.4 Å². The molecule has 1 saturated carbocycles. The maximum absolute atomic E-state index is 12.2. The smallest absolute Gasteiger partial charge is 0.253 e. The van der Waals surface area contributed by atoms with Gasteiger partial charge in [0.15, 0.2) is 0 Å². The van der Waals surface area contributed by atoms with Crippen LogP contribution in [0.25, 0.3) is 0 Å². The average molecular weight is 328 g/mol. The predicted octanol–water partition coefficient (Wildman–Crippen LogP) is 1.56. The Balaban J connectivity index is 0.00000242. The van der Waals surface area contributed by atoms with Crippen LogP contribution in [0.5, 0.6) is 5.75 Å².